The Labute approximate surface area is 127 Å². The van der Waals surface area contributed by atoms with Crippen LogP contribution in [0, 0.1) is 5.92 Å². The molecular formula is C18H26N2O. The lowest BCUT2D eigenvalue weighted by Gasteiger charge is -2.29. The van der Waals surface area contributed by atoms with Crippen molar-refractivity contribution in [3.8, 4) is 0 Å². The largest absolute Gasteiger partial charge is 0.380 e. The minimum atomic E-state index is 0.193. The average Bonchev–Trinajstić information content (AvgIpc) is 2.47. The molecule has 1 aromatic heterocycles. The highest BCUT2D eigenvalue weighted by Gasteiger charge is 2.24. The Hall–Kier alpha value is -1.45. The number of hydrogen-bond donors (Lipinski definition) is 1. The number of benzene rings is 1. The van der Waals surface area contributed by atoms with E-state index >= 15 is 0 Å². The number of hydrogen-bond acceptors (Lipinski definition) is 3. The number of nitrogens with zero attached hydrogens (tertiary/aromatic N) is 1. The molecule has 0 radical (unpaired) electrons. The first-order valence-electron chi connectivity index (χ1n) is 7.76. The van der Waals surface area contributed by atoms with E-state index in [-0.39, 0.29) is 12.1 Å². The molecule has 1 aromatic carbocycles. The second-order valence-corrected chi connectivity index (χ2v) is 5.81. The monoisotopic (exact) mass is 286 g/mol. The third-order valence-electron chi connectivity index (χ3n) is 3.88. The lowest BCUT2D eigenvalue weighted by Crippen LogP contribution is -2.45. The van der Waals surface area contributed by atoms with Crippen molar-refractivity contribution in [2.75, 3.05) is 13.7 Å². The van der Waals surface area contributed by atoms with Crippen LogP contribution in [-0.2, 0) is 11.2 Å². The molecule has 0 saturated heterocycles. The maximum atomic E-state index is 5.70. The number of likely N-dealkylation sites (N-methyl/N-ethyl adjacent to an activating group) is 1. The van der Waals surface area contributed by atoms with Gasteiger partial charge in [0.25, 0.3) is 0 Å². The molecule has 1 N–H and O–H groups in total. The van der Waals surface area contributed by atoms with E-state index < -0.39 is 0 Å². The molecule has 2 aromatic rings. The van der Waals surface area contributed by atoms with E-state index in [4.69, 9.17) is 9.72 Å². The minimum Gasteiger partial charge on any atom is -0.380 e. The van der Waals surface area contributed by atoms with Gasteiger partial charge in [-0.3, -0.25) is 4.98 Å². The van der Waals surface area contributed by atoms with E-state index in [1.807, 2.05) is 12.1 Å². The van der Waals surface area contributed by atoms with Crippen LogP contribution in [0.15, 0.2) is 36.4 Å². The van der Waals surface area contributed by atoms with Gasteiger partial charge in [-0.15, -0.1) is 0 Å². The first kappa shape index (κ1) is 15.9. The molecule has 3 heteroatoms. The van der Waals surface area contributed by atoms with Crippen LogP contribution in [0.2, 0.25) is 0 Å². The summed E-state index contributed by atoms with van der Waals surface area (Å²) in [7, 11) is 1.79. The average molecular weight is 286 g/mol. The molecule has 0 bridgehead atoms. The van der Waals surface area contributed by atoms with Crippen LogP contribution < -0.4 is 5.32 Å². The molecule has 2 atom stereocenters. The first-order valence-corrected chi connectivity index (χ1v) is 7.76. The van der Waals surface area contributed by atoms with E-state index in [0.29, 0.717) is 5.92 Å². The number of ether oxygens (including phenoxy) is 1. The van der Waals surface area contributed by atoms with Gasteiger partial charge in [0.1, 0.15) is 0 Å². The predicted molar refractivity (Wildman–Crippen MR) is 88.5 cm³/mol. The molecule has 3 nitrogen and oxygen atoms in total. The van der Waals surface area contributed by atoms with Crippen molar-refractivity contribution in [3.05, 3.63) is 42.1 Å². The normalized spacial score (nSPS) is 14.5. The van der Waals surface area contributed by atoms with E-state index in [9.17, 15) is 0 Å². The van der Waals surface area contributed by atoms with Gasteiger partial charge in [0.05, 0.1) is 11.6 Å². The number of methoxy groups -OCH3 is 1. The van der Waals surface area contributed by atoms with Gasteiger partial charge in [0, 0.05) is 30.7 Å². The van der Waals surface area contributed by atoms with Crippen molar-refractivity contribution in [2.45, 2.75) is 39.3 Å². The highest BCUT2D eigenvalue weighted by molar-refractivity contribution is 5.78. The van der Waals surface area contributed by atoms with Gasteiger partial charge in [-0.2, -0.15) is 0 Å². The molecule has 0 aliphatic carbocycles. The highest BCUT2D eigenvalue weighted by atomic mass is 16.5. The Morgan fingerprint density at radius 3 is 2.57 bits per heavy atom. The summed E-state index contributed by atoms with van der Waals surface area (Å²) in [5.41, 5.74) is 2.17. The lowest BCUT2D eigenvalue weighted by atomic mass is 9.95. The zero-order valence-corrected chi connectivity index (χ0v) is 13.5. The topological polar surface area (TPSA) is 34.2 Å². The van der Waals surface area contributed by atoms with E-state index in [2.05, 4.69) is 50.4 Å². The maximum absolute atomic E-state index is 5.70. The number of aromatic nitrogens is 1. The van der Waals surface area contributed by atoms with Crippen LogP contribution in [0.1, 0.15) is 26.5 Å². The third-order valence-corrected chi connectivity index (χ3v) is 3.88. The molecule has 0 aliphatic heterocycles. The summed E-state index contributed by atoms with van der Waals surface area (Å²) in [4.78, 5) is 4.78. The van der Waals surface area contributed by atoms with Crippen molar-refractivity contribution < 1.29 is 4.74 Å². The number of nitrogens with one attached hydrogen (secondary N) is 1. The zero-order chi connectivity index (χ0) is 15.2. The summed E-state index contributed by atoms with van der Waals surface area (Å²) in [5, 5.41) is 4.73. The summed E-state index contributed by atoms with van der Waals surface area (Å²) >= 11 is 0. The number of rotatable bonds is 7. The van der Waals surface area contributed by atoms with Gasteiger partial charge < -0.3 is 10.1 Å². The summed E-state index contributed by atoms with van der Waals surface area (Å²) in [6.07, 6.45) is 1.08. The Bertz CT molecular complexity index is 568. The fourth-order valence-electron chi connectivity index (χ4n) is 2.91. The van der Waals surface area contributed by atoms with Gasteiger partial charge in [-0.1, -0.05) is 45.0 Å². The minimum absolute atomic E-state index is 0.193. The SMILES string of the molecule is CCNC(Cc1ccc2ccccc2n1)C(OC)C(C)C. The predicted octanol–water partition coefficient (Wildman–Crippen LogP) is 3.43. The van der Waals surface area contributed by atoms with Crippen LogP contribution in [0.3, 0.4) is 0 Å². The summed E-state index contributed by atoms with van der Waals surface area (Å²) < 4.78 is 5.70. The van der Waals surface area contributed by atoms with Gasteiger partial charge in [0.15, 0.2) is 0 Å². The molecule has 2 rings (SSSR count). The second kappa shape index (κ2) is 7.53. The Balaban J connectivity index is 2.21. The lowest BCUT2D eigenvalue weighted by molar-refractivity contribution is 0.0334. The zero-order valence-electron chi connectivity index (χ0n) is 13.5. The smallest absolute Gasteiger partial charge is 0.0750 e. The Kier molecular flexibility index (Phi) is 5.71. The molecule has 114 valence electrons. The van der Waals surface area contributed by atoms with E-state index in [1.165, 1.54) is 5.39 Å². The fraction of sp³-hybridized carbons (Fsp3) is 0.500. The Morgan fingerprint density at radius 1 is 1.14 bits per heavy atom. The number of pyridine rings is 1. The van der Waals surface area contributed by atoms with E-state index in [0.717, 1.165) is 24.2 Å². The maximum Gasteiger partial charge on any atom is 0.0750 e. The molecular weight excluding hydrogens is 260 g/mol. The molecule has 2 unspecified atom stereocenters. The third kappa shape index (κ3) is 4.02. The highest BCUT2D eigenvalue weighted by Crippen LogP contribution is 2.17. The Morgan fingerprint density at radius 2 is 1.90 bits per heavy atom. The molecule has 1 heterocycles. The van der Waals surface area contributed by atoms with Crippen LogP contribution >= 0.6 is 0 Å². The number of fused-ring (bicyclic) bond motifs is 1. The first-order chi connectivity index (χ1) is 10.2. The van der Waals surface area contributed by atoms with Crippen molar-refractivity contribution in [1.29, 1.82) is 0 Å². The fourth-order valence-corrected chi connectivity index (χ4v) is 2.91. The van der Waals surface area contributed by atoms with E-state index in [1.54, 1.807) is 7.11 Å². The van der Waals surface area contributed by atoms with Gasteiger partial charge in [-0.25, -0.2) is 0 Å². The van der Waals surface area contributed by atoms with Crippen molar-refractivity contribution >= 4 is 10.9 Å². The summed E-state index contributed by atoms with van der Waals surface area (Å²) in [5.74, 6) is 0.472. The molecule has 0 saturated carbocycles. The molecule has 0 fully saturated rings. The van der Waals surface area contributed by atoms with Crippen molar-refractivity contribution in [3.63, 3.8) is 0 Å². The van der Waals surface area contributed by atoms with Gasteiger partial charge >= 0.3 is 0 Å². The molecule has 0 amide bonds. The summed E-state index contributed by atoms with van der Waals surface area (Å²) in [6, 6.07) is 12.8. The van der Waals surface area contributed by atoms with Crippen molar-refractivity contribution in [2.24, 2.45) is 5.92 Å². The molecule has 0 spiro atoms. The van der Waals surface area contributed by atoms with Crippen LogP contribution in [0.4, 0.5) is 0 Å². The van der Waals surface area contributed by atoms with Crippen LogP contribution in [-0.4, -0.2) is 30.8 Å². The second-order valence-electron chi connectivity index (χ2n) is 5.81. The standard InChI is InChI=1S/C18H26N2O/c1-5-19-17(18(21-4)13(2)3)12-15-11-10-14-8-6-7-9-16(14)20-15/h6-11,13,17-19H,5,12H2,1-4H3. The van der Waals surface area contributed by atoms with Crippen molar-refractivity contribution in [1.82, 2.24) is 10.3 Å². The summed E-state index contributed by atoms with van der Waals surface area (Å²) in [6.45, 7) is 7.47. The van der Waals surface area contributed by atoms with Crippen LogP contribution in [0.25, 0.3) is 10.9 Å². The van der Waals surface area contributed by atoms with Gasteiger partial charge in [-0.05, 0) is 24.6 Å². The quantitative estimate of drug-likeness (QED) is 0.847. The number of para-hydroxylation sites is 1. The van der Waals surface area contributed by atoms with Crippen LogP contribution in [0.5, 0.6) is 0 Å². The molecule has 0 aliphatic rings. The molecule has 21 heavy (non-hydrogen) atoms. The van der Waals surface area contributed by atoms with Gasteiger partial charge in [0.2, 0.25) is 0 Å².